The van der Waals surface area contributed by atoms with Crippen LogP contribution in [-0.2, 0) is 0 Å². The van der Waals surface area contributed by atoms with Gasteiger partial charge in [-0.05, 0) is 21.5 Å². The van der Waals surface area contributed by atoms with Gasteiger partial charge in [-0.2, -0.15) is 0 Å². The molecule has 0 atom stereocenters. The smallest absolute Gasteiger partial charge is 0.0787 e. The third kappa shape index (κ3) is 1.96. The molecule has 0 spiro atoms. The van der Waals surface area contributed by atoms with Crippen molar-refractivity contribution in [1.29, 1.82) is 0 Å². The summed E-state index contributed by atoms with van der Waals surface area (Å²) in [5, 5.41) is 11.7. The number of aromatic nitrogens is 1. The fourth-order valence-electron chi connectivity index (χ4n) is 4.82. The highest BCUT2D eigenvalue weighted by Gasteiger charge is 2.16. The summed E-state index contributed by atoms with van der Waals surface area (Å²) in [7, 11) is 0. The standard InChI is InChI=1S/C27H15NS/c1-2-8-17-16(7-1)13-14-22-24-23(15-28-26(17)22)29-27-21-12-6-4-10-19(21)18-9-3-5-11-20(18)25(24)27/h1-15H. The summed E-state index contributed by atoms with van der Waals surface area (Å²) in [6.07, 6.45) is 2.07. The summed E-state index contributed by atoms with van der Waals surface area (Å²) in [6, 6.07) is 30.6. The summed E-state index contributed by atoms with van der Waals surface area (Å²) in [6.45, 7) is 0. The molecule has 0 fully saturated rings. The van der Waals surface area contributed by atoms with Crippen LogP contribution in [0.15, 0.2) is 91.1 Å². The van der Waals surface area contributed by atoms with Crippen molar-refractivity contribution in [3.8, 4) is 0 Å². The average molecular weight is 385 g/mol. The van der Waals surface area contributed by atoms with Gasteiger partial charge >= 0.3 is 0 Å². The molecule has 0 aliphatic rings. The van der Waals surface area contributed by atoms with Gasteiger partial charge in [-0.25, -0.2) is 0 Å². The number of hydrogen-bond donors (Lipinski definition) is 0. The minimum absolute atomic E-state index is 1.09. The van der Waals surface area contributed by atoms with E-state index in [1.807, 2.05) is 11.3 Å². The van der Waals surface area contributed by atoms with E-state index in [1.54, 1.807) is 0 Å². The van der Waals surface area contributed by atoms with E-state index in [0.29, 0.717) is 0 Å². The third-order valence-electron chi connectivity index (χ3n) is 6.07. The van der Waals surface area contributed by atoms with Gasteiger partial charge < -0.3 is 0 Å². The van der Waals surface area contributed by atoms with Crippen molar-refractivity contribution in [2.75, 3.05) is 0 Å². The maximum absolute atomic E-state index is 4.90. The van der Waals surface area contributed by atoms with Gasteiger partial charge in [0.15, 0.2) is 0 Å². The summed E-state index contributed by atoms with van der Waals surface area (Å²) < 4.78 is 2.61. The number of hydrogen-bond acceptors (Lipinski definition) is 2. The van der Waals surface area contributed by atoms with E-state index in [-0.39, 0.29) is 0 Å². The first kappa shape index (κ1) is 15.4. The molecule has 0 saturated carbocycles. The van der Waals surface area contributed by atoms with Gasteiger partial charge in [0.2, 0.25) is 0 Å². The molecule has 2 heterocycles. The zero-order chi connectivity index (χ0) is 18.9. The lowest BCUT2D eigenvalue weighted by Gasteiger charge is -2.08. The summed E-state index contributed by atoms with van der Waals surface area (Å²) >= 11 is 1.86. The van der Waals surface area contributed by atoms with Gasteiger partial charge in [-0.1, -0.05) is 84.9 Å². The lowest BCUT2D eigenvalue weighted by atomic mass is 9.95. The van der Waals surface area contributed by atoms with Gasteiger partial charge in [0.25, 0.3) is 0 Å². The van der Waals surface area contributed by atoms with Crippen LogP contribution in [0.25, 0.3) is 63.4 Å². The summed E-state index contributed by atoms with van der Waals surface area (Å²) in [5.41, 5.74) is 1.09. The number of pyridine rings is 1. The van der Waals surface area contributed by atoms with Gasteiger partial charge in [0.05, 0.1) is 10.2 Å². The maximum Gasteiger partial charge on any atom is 0.0787 e. The molecule has 134 valence electrons. The SMILES string of the molecule is c1ccc2c(c1)ccc1c2ncc2sc3c4ccccc4c4ccccc4c3c21. The van der Waals surface area contributed by atoms with Crippen LogP contribution in [0, 0.1) is 0 Å². The predicted molar refractivity (Wildman–Crippen MR) is 127 cm³/mol. The summed E-state index contributed by atoms with van der Waals surface area (Å²) in [5.74, 6) is 0. The van der Waals surface area contributed by atoms with E-state index >= 15 is 0 Å². The van der Waals surface area contributed by atoms with Gasteiger partial charge in [0, 0.05) is 37.8 Å². The normalized spacial score (nSPS) is 12.1. The highest BCUT2D eigenvalue weighted by molar-refractivity contribution is 7.27. The minimum atomic E-state index is 1.09. The number of nitrogens with zero attached hydrogens (tertiary/aromatic N) is 1. The van der Waals surface area contributed by atoms with Crippen molar-refractivity contribution in [3.63, 3.8) is 0 Å². The molecule has 0 saturated heterocycles. The molecule has 7 aromatic rings. The Morgan fingerprint density at radius 3 is 2.00 bits per heavy atom. The molecule has 0 bridgehead atoms. The highest BCUT2D eigenvalue weighted by atomic mass is 32.1. The second-order valence-electron chi connectivity index (χ2n) is 7.58. The van der Waals surface area contributed by atoms with Crippen molar-refractivity contribution in [2.45, 2.75) is 0 Å². The first-order chi connectivity index (χ1) is 14.4. The van der Waals surface area contributed by atoms with E-state index in [4.69, 9.17) is 4.98 Å². The van der Waals surface area contributed by atoms with Gasteiger partial charge in [-0.15, -0.1) is 11.3 Å². The Hall–Kier alpha value is -3.49. The monoisotopic (exact) mass is 385 g/mol. The van der Waals surface area contributed by atoms with Crippen molar-refractivity contribution in [1.82, 2.24) is 4.98 Å². The number of thiophene rings is 1. The Balaban J connectivity index is 1.84. The average Bonchev–Trinajstić information content (AvgIpc) is 3.19. The number of benzene rings is 5. The van der Waals surface area contributed by atoms with E-state index < -0.39 is 0 Å². The number of fused-ring (bicyclic) bond motifs is 12. The Morgan fingerprint density at radius 1 is 0.517 bits per heavy atom. The Morgan fingerprint density at radius 2 is 1.17 bits per heavy atom. The van der Waals surface area contributed by atoms with Gasteiger partial charge in [0.1, 0.15) is 0 Å². The molecule has 0 amide bonds. The Labute approximate surface area is 170 Å². The topological polar surface area (TPSA) is 12.9 Å². The predicted octanol–water partition coefficient (Wildman–Crippen LogP) is 8.06. The molecule has 1 nitrogen and oxygen atoms in total. The van der Waals surface area contributed by atoms with E-state index in [0.717, 1.165) is 5.52 Å². The molecule has 2 heteroatoms. The van der Waals surface area contributed by atoms with E-state index in [2.05, 4.69) is 91.1 Å². The maximum atomic E-state index is 4.90. The molecule has 0 aliphatic heterocycles. The quantitative estimate of drug-likeness (QED) is 0.241. The van der Waals surface area contributed by atoms with Crippen LogP contribution in [0.3, 0.4) is 0 Å². The first-order valence-corrected chi connectivity index (χ1v) is 10.6. The van der Waals surface area contributed by atoms with Crippen LogP contribution in [0.5, 0.6) is 0 Å². The second kappa shape index (κ2) is 5.53. The molecular formula is C27H15NS. The van der Waals surface area contributed by atoms with E-state index in [9.17, 15) is 0 Å². The third-order valence-corrected chi connectivity index (χ3v) is 7.23. The van der Waals surface area contributed by atoms with Crippen LogP contribution in [0.2, 0.25) is 0 Å². The van der Waals surface area contributed by atoms with Crippen molar-refractivity contribution < 1.29 is 0 Å². The molecule has 0 radical (unpaired) electrons. The molecule has 7 rings (SSSR count). The zero-order valence-corrected chi connectivity index (χ0v) is 16.3. The fourth-order valence-corrected chi connectivity index (χ4v) is 6.07. The van der Waals surface area contributed by atoms with E-state index in [1.165, 1.54) is 57.9 Å². The Bertz CT molecular complexity index is 1760. The minimum Gasteiger partial charge on any atom is -0.254 e. The Kier molecular flexibility index (Phi) is 2.94. The number of rotatable bonds is 0. The van der Waals surface area contributed by atoms with Crippen LogP contribution in [0.1, 0.15) is 0 Å². The second-order valence-corrected chi connectivity index (χ2v) is 8.63. The van der Waals surface area contributed by atoms with Crippen LogP contribution < -0.4 is 0 Å². The highest BCUT2D eigenvalue weighted by Crippen LogP contribution is 2.46. The molecule has 0 unspecified atom stereocenters. The van der Waals surface area contributed by atoms with Crippen LogP contribution >= 0.6 is 11.3 Å². The molecule has 29 heavy (non-hydrogen) atoms. The van der Waals surface area contributed by atoms with Crippen LogP contribution in [0.4, 0.5) is 0 Å². The van der Waals surface area contributed by atoms with Crippen LogP contribution in [-0.4, -0.2) is 4.98 Å². The van der Waals surface area contributed by atoms with Crippen molar-refractivity contribution in [2.24, 2.45) is 0 Å². The lowest BCUT2D eigenvalue weighted by molar-refractivity contribution is 1.47. The zero-order valence-electron chi connectivity index (χ0n) is 15.5. The first-order valence-electron chi connectivity index (χ1n) is 9.82. The van der Waals surface area contributed by atoms with Crippen molar-refractivity contribution >= 4 is 74.7 Å². The molecular weight excluding hydrogens is 370 g/mol. The largest absolute Gasteiger partial charge is 0.254 e. The van der Waals surface area contributed by atoms with Gasteiger partial charge in [-0.3, -0.25) is 4.98 Å². The fraction of sp³-hybridized carbons (Fsp3) is 0. The molecule has 0 aliphatic carbocycles. The molecule has 0 N–H and O–H groups in total. The summed E-state index contributed by atoms with van der Waals surface area (Å²) in [4.78, 5) is 4.90. The molecule has 5 aromatic carbocycles. The van der Waals surface area contributed by atoms with Crippen molar-refractivity contribution in [3.05, 3.63) is 91.1 Å². The molecule has 2 aromatic heterocycles. The lowest BCUT2D eigenvalue weighted by Crippen LogP contribution is -1.83.